The van der Waals surface area contributed by atoms with E-state index in [1.807, 2.05) is 0 Å². The summed E-state index contributed by atoms with van der Waals surface area (Å²) in [6.45, 7) is 7.33. The molecule has 0 saturated heterocycles. The van der Waals surface area contributed by atoms with E-state index in [2.05, 4.69) is 26.8 Å². The number of carboxylic acid groups (broad SMARTS) is 1. The minimum atomic E-state index is -0.650. The highest BCUT2D eigenvalue weighted by atomic mass is 16.4. The van der Waals surface area contributed by atoms with Gasteiger partial charge in [-0.05, 0) is 98.2 Å². The Balaban J connectivity index is 1.54. The number of aliphatic carboxylic acids is 1. The Kier molecular flexibility index (Phi) is 4.98. The number of aliphatic hydroxyl groups excluding tert-OH is 1. The fraction of sp³-hybridized carbons (Fsp3) is 0.875. The molecule has 3 heteroatoms. The molecule has 0 spiro atoms. The van der Waals surface area contributed by atoms with E-state index in [1.165, 1.54) is 32.1 Å². The monoisotopic (exact) mass is 374 g/mol. The summed E-state index contributed by atoms with van der Waals surface area (Å²) in [5.41, 5.74) is 2.27. The molecule has 3 nitrogen and oxygen atoms in total. The molecule has 27 heavy (non-hydrogen) atoms. The number of carboxylic acids is 1. The molecule has 4 aliphatic rings. The maximum atomic E-state index is 11.0. The Morgan fingerprint density at radius 1 is 1.19 bits per heavy atom. The summed E-state index contributed by atoms with van der Waals surface area (Å²) in [7, 11) is 0. The van der Waals surface area contributed by atoms with Crippen molar-refractivity contribution in [2.75, 3.05) is 0 Å². The van der Waals surface area contributed by atoms with Crippen LogP contribution in [0.5, 0.6) is 0 Å². The second-order valence-corrected chi connectivity index (χ2v) is 10.8. The van der Waals surface area contributed by atoms with Crippen LogP contribution in [0.3, 0.4) is 0 Å². The van der Waals surface area contributed by atoms with Gasteiger partial charge < -0.3 is 10.2 Å². The van der Waals surface area contributed by atoms with Crippen LogP contribution in [0.2, 0.25) is 0 Å². The summed E-state index contributed by atoms with van der Waals surface area (Å²) in [4.78, 5) is 11.0. The second-order valence-electron chi connectivity index (χ2n) is 10.8. The van der Waals surface area contributed by atoms with Crippen molar-refractivity contribution >= 4 is 5.97 Å². The van der Waals surface area contributed by atoms with Gasteiger partial charge in [-0.25, -0.2) is 0 Å². The van der Waals surface area contributed by atoms with Crippen molar-refractivity contribution in [1.82, 2.24) is 0 Å². The summed E-state index contributed by atoms with van der Waals surface area (Å²) in [6, 6.07) is 0. The summed E-state index contributed by atoms with van der Waals surface area (Å²) >= 11 is 0. The van der Waals surface area contributed by atoms with Crippen molar-refractivity contribution in [1.29, 1.82) is 0 Å². The largest absolute Gasteiger partial charge is 0.481 e. The zero-order valence-corrected chi connectivity index (χ0v) is 17.4. The maximum Gasteiger partial charge on any atom is 0.303 e. The van der Waals surface area contributed by atoms with Crippen molar-refractivity contribution in [3.63, 3.8) is 0 Å². The predicted molar refractivity (Wildman–Crippen MR) is 107 cm³/mol. The maximum absolute atomic E-state index is 11.0. The van der Waals surface area contributed by atoms with Crippen LogP contribution in [0.1, 0.15) is 85.0 Å². The Bertz CT molecular complexity index is 625. The highest BCUT2D eigenvalue weighted by molar-refractivity contribution is 5.66. The van der Waals surface area contributed by atoms with Gasteiger partial charge in [0.25, 0.3) is 0 Å². The third-order valence-corrected chi connectivity index (χ3v) is 9.65. The number of allylic oxidation sites excluding steroid dienone is 1. The lowest BCUT2D eigenvalue weighted by Gasteiger charge is -2.58. The van der Waals surface area contributed by atoms with Gasteiger partial charge in [0.1, 0.15) is 0 Å². The number of rotatable bonds is 4. The van der Waals surface area contributed by atoms with Crippen molar-refractivity contribution in [2.45, 2.75) is 91.1 Å². The van der Waals surface area contributed by atoms with Crippen molar-refractivity contribution in [2.24, 2.45) is 40.4 Å². The SMILES string of the molecule is CC(CCC(=O)O)C1CCC2C3CC=C4C[C@@H](O)CC[C@]4(C)C3CC[C@]12C. The van der Waals surface area contributed by atoms with E-state index in [4.69, 9.17) is 5.11 Å². The first kappa shape index (κ1) is 19.5. The number of carbonyl (C=O) groups is 1. The van der Waals surface area contributed by atoms with E-state index in [9.17, 15) is 9.90 Å². The van der Waals surface area contributed by atoms with Gasteiger partial charge in [-0.2, -0.15) is 0 Å². The quantitative estimate of drug-likeness (QED) is 0.645. The molecule has 0 aromatic carbocycles. The Labute approximate surface area is 164 Å². The van der Waals surface area contributed by atoms with Crippen molar-refractivity contribution in [3.8, 4) is 0 Å². The van der Waals surface area contributed by atoms with Gasteiger partial charge in [0.05, 0.1) is 6.10 Å². The lowest BCUT2D eigenvalue weighted by atomic mass is 9.47. The molecule has 0 heterocycles. The fourth-order valence-electron chi connectivity index (χ4n) is 8.17. The topological polar surface area (TPSA) is 57.5 Å². The molecule has 0 aromatic heterocycles. The average molecular weight is 375 g/mol. The highest BCUT2D eigenvalue weighted by Gasteiger charge is 2.59. The van der Waals surface area contributed by atoms with Crippen LogP contribution >= 0.6 is 0 Å². The first-order valence-corrected chi connectivity index (χ1v) is 11.3. The minimum Gasteiger partial charge on any atom is -0.481 e. The number of aliphatic hydroxyl groups is 1. The third-order valence-electron chi connectivity index (χ3n) is 9.65. The molecule has 4 aliphatic carbocycles. The first-order chi connectivity index (χ1) is 12.8. The van der Waals surface area contributed by atoms with Crippen LogP contribution < -0.4 is 0 Å². The van der Waals surface area contributed by atoms with Crippen LogP contribution in [0.4, 0.5) is 0 Å². The van der Waals surface area contributed by atoms with Crippen LogP contribution in [-0.4, -0.2) is 22.3 Å². The molecule has 4 rings (SSSR count). The Morgan fingerprint density at radius 2 is 1.96 bits per heavy atom. The lowest BCUT2D eigenvalue weighted by molar-refractivity contribution is -0.137. The third kappa shape index (κ3) is 3.09. The van der Waals surface area contributed by atoms with Gasteiger partial charge in [0, 0.05) is 6.42 Å². The molecule has 3 fully saturated rings. The standard InChI is InChI=1S/C24H38O3/c1-15(4-9-22(26)27)19-7-8-20-18-6-5-16-14-17(25)10-12-23(16,2)21(18)11-13-24(19,20)3/h5,15,17-21,25H,4,6-14H2,1-3H3,(H,26,27)/t15?,17-,18?,19?,20?,21?,23-,24+/m0/s1. The Hall–Kier alpha value is -0.830. The molecule has 0 aromatic rings. The van der Waals surface area contributed by atoms with Crippen molar-refractivity contribution < 1.29 is 15.0 Å². The van der Waals surface area contributed by atoms with E-state index in [-0.39, 0.29) is 6.10 Å². The van der Waals surface area contributed by atoms with Gasteiger partial charge in [0.2, 0.25) is 0 Å². The minimum absolute atomic E-state index is 0.124. The molecule has 0 radical (unpaired) electrons. The van der Waals surface area contributed by atoms with Crippen molar-refractivity contribution in [3.05, 3.63) is 11.6 Å². The van der Waals surface area contributed by atoms with Gasteiger partial charge in [-0.3, -0.25) is 4.79 Å². The summed E-state index contributed by atoms with van der Waals surface area (Å²) < 4.78 is 0. The highest BCUT2D eigenvalue weighted by Crippen LogP contribution is 2.67. The Morgan fingerprint density at radius 3 is 2.70 bits per heavy atom. The average Bonchev–Trinajstić information content (AvgIpc) is 2.97. The zero-order chi connectivity index (χ0) is 19.4. The first-order valence-electron chi connectivity index (χ1n) is 11.3. The number of hydrogen-bond donors (Lipinski definition) is 2. The fourth-order valence-corrected chi connectivity index (χ4v) is 8.17. The summed E-state index contributed by atoms with van der Waals surface area (Å²) in [5, 5.41) is 19.2. The molecule has 0 aliphatic heterocycles. The van der Waals surface area contributed by atoms with E-state index in [0.29, 0.717) is 29.1 Å². The molecule has 152 valence electrons. The van der Waals surface area contributed by atoms with Crippen LogP contribution in [0.15, 0.2) is 11.6 Å². The normalized spacial score (nSPS) is 47.4. The molecule has 5 unspecified atom stereocenters. The smallest absolute Gasteiger partial charge is 0.303 e. The van der Waals surface area contributed by atoms with E-state index in [0.717, 1.165) is 43.4 Å². The van der Waals surface area contributed by atoms with E-state index in [1.54, 1.807) is 5.57 Å². The molecule has 0 bridgehead atoms. The van der Waals surface area contributed by atoms with Gasteiger partial charge in [-0.1, -0.05) is 32.4 Å². The molecular weight excluding hydrogens is 336 g/mol. The number of hydrogen-bond acceptors (Lipinski definition) is 2. The molecular formula is C24H38O3. The van der Waals surface area contributed by atoms with Crippen LogP contribution in [0.25, 0.3) is 0 Å². The molecule has 2 N–H and O–H groups in total. The predicted octanol–water partition coefficient (Wildman–Crippen LogP) is 5.43. The molecule has 3 saturated carbocycles. The second kappa shape index (κ2) is 6.90. The van der Waals surface area contributed by atoms with Gasteiger partial charge in [-0.15, -0.1) is 0 Å². The van der Waals surface area contributed by atoms with Gasteiger partial charge >= 0.3 is 5.97 Å². The van der Waals surface area contributed by atoms with Crippen LogP contribution in [-0.2, 0) is 4.79 Å². The van der Waals surface area contributed by atoms with E-state index < -0.39 is 5.97 Å². The summed E-state index contributed by atoms with van der Waals surface area (Å²) in [5.74, 6) is 2.94. The molecule has 0 amide bonds. The summed E-state index contributed by atoms with van der Waals surface area (Å²) in [6.07, 6.45) is 13.0. The van der Waals surface area contributed by atoms with E-state index >= 15 is 0 Å². The van der Waals surface area contributed by atoms with Gasteiger partial charge in [0.15, 0.2) is 0 Å². The molecule has 8 atom stereocenters. The zero-order valence-electron chi connectivity index (χ0n) is 17.4. The number of fused-ring (bicyclic) bond motifs is 5. The lowest BCUT2D eigenvalue weighted by Crippen LogP contribution is -2.50. The van der Waals surface area contributed by atoms with Crippen LogP contribution in [0, 0.1) is 40.4 Å².